The van der Waals surface area contributed by atoms with E-state index in [9.17, 15) is 0 Å². The number of nitrogens with zero attached hydrogens (tertiary/aromatic N) is 1. The molecule has 1 aliphatic rings. The number of halogens is 1. The lowest BCUT2D eigenvalue weighted by atomic mass is 10.2. The van der Waals surface area contributed by atoms with E-state index in [0.717, 1.165) is 34.8 Å². The van der Waals surface area contributed by atoms with E-state index in [0.29, 0.717) is 12.6 Å². The molecule has 0 bridgehead atoms. The normalized spacial score (nSPS) is 21.5. The van der Waals surface area contributed by atoms with Gasteiger partial charge in [0, 0.05) is 23.4 Å². The van der Waals surface area contributed by atoms with Gasteiger partial charge in [0.05, 0.1) is 6.54 Å². The van der Waals surface area contributed by atoms with Crippen LogP contribution in [0.25, 0.3) is 0 Å². The summed E-state index contributed by atoms with van der Waals surface area (Å²) in [6.07, 6.45) is 5.98. The van der Waals surface area contributed by atoms with Gasteiger partial charge < -0.3 is 15.1 Å². The zero-order valence-electron chi connectivity index (χ0n) is 13.9. The molecule has 1 aromatic rings. The third-order valence-electron chi connectivity index (χ3n) is 3.95. The number of guanidine groups is 1. The van der Waals surface area contributed by atoms with E-state index in [1.807, 2.05) is 25.6 Å². The molecule has 0 aliphatic heterocycles. The molecule has 1 aliphatic carbocycles. The van der Waals surface area contributed by atoms with Gasteiger partial charge in [-0.05, 0) is 52.4 Å². The highest BCUT2D eigenvalue weighted by Gasteiger charge is 2.24. The van der Waals surface area contributed by atoms with E-state index >= 15 is 0 Å². The van der Waals surface area contributed by atoms with Crippen LogP contribution in [0.5, 0.6) is 0 Å². The van der Waals surface area contributed by atoms with Gasteiger partial charge in [-0.3, -0.25) is 0 Å². The highest BCUT2D eigenvalue weighted by Crippen LogP contribution is 2.28. The molecule has 1 heterocycles. The van der Waals surface area contributed by atoms with Crippen molar-refractivity contribution in [2.45, 2.75) is 57.9 Å². The van der Waals surface area contributed by atoms with Crippen LogP contribution in [-0.4, -0.2) is 30.1 Å². The van der Waals surface area contributed by atoms with Crippen molar-refractivity contribution in [1.29, 1.82) is 0 Å². The minimum Gasteiger partial charge on any atom is -0.466 e. The maximum Gasteiger partial charge on any atom is 0.191 e. The monoisotopic (exact) mass is 437 g/mol. The predicted octanol–water partition coefficient (Wildman–Crippen LogP) is 3.85. The molecule has 4 nitrogen and oxygen atoms in total. The number of furan rings is 1. The number of hydrogen-bond acceptors (Lipinski definition) is 3. The third-order valence-corrected chi connectivity index (χ3v) is 5.05. The average Bonchev–Trinajstić information content (AvgIpc) is 3.02. The quantitative estimate of drug-likeness (QED) is 0.418. The smallest absolute Gasteiger partial charge is 0.191 e. The lowest BCUT2D eigenvalue weighted by molar-refractivity contribution is 0.501. The van der Waals surface area contributed by atoms with Crippen molar-refractivity contribution in [2.75, 3.05) is 12.8 Å². The summed E-state index contributed by atoms with van der Waals surface area (Å²) in [5.74, 6) is 2.84. The Labute approximate surface area is 155 Å². The van der Waals surface area contributed by atoms with Crippen molar-refractivity contribution < 1.29 is 4.42 Å². The van der Waals surface area contributed by atoms with Crippen LogP contribution in [0.2, 0.25) is 0 Å². The number of rotatable bonds is 5. The molecule has 2 rings (SSSR count). The molecular formula is C16H28IN3OS. The number of hydrogen-bond donors (Lipinski definition) is 2. The Balaban J connectivity index is 0.00000242. The molecule has 2 atom stereocenters. The number of nitrogens with one attached hydrogen (secondary N) is 2. The Morgan fingerprint density at radius 3 is 2.73 bits per heavy atom. The number of aryl methyl sites for hydroxylation is 2. The Hall–Kier alpha value is -0.370. The fourth-order valence-electron chi connectivity index (χ4n) is 2.80. The summed E-state index contributed by atoms with van der Waals surface area (Å²) in [4.78, 5) is 4.70. The van der Waals surface area contributed by atoms with Gasteiger partial charge in [-0.15, -0.1) is 24.0 Å². The van der Waals surface area contributed by atoms with E-state index in [-0.39, 0.29) is 24.0 Å². The second-order valence-electron chi connectivity index (χ2n) is 5.65. The first-order chi connectivity index (χ1) is 10.1. The summed E-state index contributed by atoms with van der Waals surface area (Å²) in [5, 5.41) is 7.71. The molecular weight excluding hydrogens is 409 g/mol. The van der Waals surface area contributed by atoms with Crippen LogP contribution in [-0.2, 0) is 6.54 Å². The standard InChI is InChI=1S/C16H27N3OS.HI/c1-5-17-16(19-14-6-7-15(9-14)21-4)18-10-13-8-11(2)20-12(13)3;/h8,14-15H,5-7,9-10H2,1-4H3,(H2,17,18,19);1H. The van der Waals surface area contributed by atoms with Gasteiger partial charge in [-0.1, -0.05) is 0 Å². The Morgan fingerprint density at radius 2 is 2.18 bits per heavy atom. The SMILES string of the molecule is CCNC(=NCc1cc(C)oc1C)NC1CCC(SC)C1.I. The van der Waals surface area contributed by atoms with E-state index in [1.54, 1.807) is 0 Å². The summed E-state index contributed by atoms with van der Waals surface area (Å²) in [7, 11) is 0. The van der Waals surface area contributed by atoms with Gasteiger partial charge in [-0.25, -0.2) is 4.99 Å². The molecule has 1 aromatic heterocycles. The zero-order valence-corrected chi connectivity index (χ0v) is 17.1. The molecule has 0 saturated heterocycles. The molecule has 0 spiro atoms. The molecule has 0 amide bonds. The van der Waals surface area contributed by atoms with Crippen LogP contribution in [0.3, 0.4) is 0 Å². The summed E-state index contributed by atoms with van der Waals surface area (Å²) >= 11 is 1.98. The first-order valence-corrected chi connectivity index (χ1v) is 9.04. The molecule has 1 saturated carbocycles. The summed E-state index contributed by atoms with van der Waals surface area (Å²) < 4.78 is 5.56. The van der Waals surface area contributed by atoms with E-state index in [2.05, 4.69) is 29.9 Å². The van der Waals surface area contributed by atoms with Gasteiger partial charge in [0.2, 0.25) is 0 Å². The first-order valence-electron chi connectivity index (χ1n) is 7.76. The Bertz CT molecular complexity index is 490. The fourth-order valence-corrected chi connectivity index (χ4v) is 3.60. The molecule has 22 heavy (non-hydrogen) atoms. The molecule has 2 unspecified atom stereocenters. The van der Waals surface area contributed by atoms with Crippen LogP contribution < -0.4 is 10.6 Å². The van der Waals surface area contributed by atoms with Crippen molar-refractivity contribution in [3.63, 3.8) is 0 Å². The molecule has 0 radical (unpaired) electrons. The summed E-state index contributed by atoms with van der Waals surface area (Å²) in [5.41, 5.74) is 1.16. The van der Waals surface area contributed by atoms with Crippen molar-refractivity contribution in [2.24, 2.45) is 4.99 Å². The van der Waals surface area contributed by atoms with Gasteiger partial charge >= 0.3 is 0 Å². The minimum atomic E-state index is 0. The van der Waals surface area contributed by atoms with Gasteiger partial charge in [0.15, 0.2) is 5.96 Å². The maximum atomic E-state index is 5.56. The zero-order chi connectivity index (χ0) is 15.2. The number of aliphatic imine (C=N–C) groups is 1. The van der Waals surface area contributed by atoms with E-state index in [1.165, 1.54) is 19.3 Å². The Kier molecular flexibility index (Phi) is 8.67. The van der Waals surface area contributed by atoms with Crippen molar-refractivity contribution in [3.8, 4) is 0 Å². The van der Waals surface area contributed by atoms with Gasteiger partial charge in [-0.2, -0.15) is 11.8 Å². The lowest BCUT2D eigenvalue weighted by Crippen LogP contribution is -2.42. The number of thioether (sulfide) groups is 1. The topological polar surface area (TPSA) is 49.6 Å². The highest BCUT2D eigenvalue weighted by atomic mass is 127. The third kappa shape index (κ3) is 5.68. The predicted molar refractivity (Wildman–Crippen MR) is 106 cm³/mol. The van der Waals surface area contributed by atoms with Crippen molar-refractivity contribution in [1.82, 2.24) is 10.6 Å². The molecule has 6 heteroatoms. The largest absolute Gasteiger partial charge is 0.466 e. The minimum absolute atomic E-state index is 0. The Morgan fingerprint density at radius 1 is 1.41 bits per heavy atom. The van der Waals surface area contributed by atoms with Crippen molar-refractivity contribution in [3.05, 3.63) is 23.2 Å². The fraction of sp³-hybridized carbons (Fsp3) is 0.688. The van der Waals surface area contributed by atoms with Crippen LogP contribution in [0.1, 0.15) is 43.3 Å². The van der Waals surface area contributed by atoms with Crippen LogP contribution in [0.4, 0.5) is 0 Å². The molecule has 1 fully saturated rings. The van der Waals surface area contributed by atoms with Crippen LogP contribution >= 0.6 is 35.7 Å². The maximum absolute atomic E-state index is 5.56. The summed E-state index contributed by atoms with van der Waals surface area (Å²) in [6, 6.07) is 2.62. The molecule has 0 aromatic carbocycles. The van der Waals surface area contributed by atoms with Crippen LogP contribution in [0.15, 0.2) is 15.5 Å². The second-order valence-corrected chi connectivity index (χ2v) is 6.78. The average molecular weight is 437 g/mol. The van der Waals surface area contributed by atoms with Crippen LogP contribution in [0, 0.1) is 13.8 Å². The van der Waals surface area contributed by atoms with E-state index in [4.69, 9.17) is 9.41 Å². The summed E-state index contributed by atoms with van der Waals surface area (Å²) in [6.45, 7) is 7.62. The molecule has 2 N–H and O–H groups in total. The second kappa shape index (κ2) is 9.70. The molecule has 126 valence electrons. The van der Waals surface area contributed by atoms with Gasteiger partial charge in [0.1, 0.15) is 11.5 Å². The highest BCUT2D eigenvalue weighted by molar-refractivity contribution is 14.0. The lowest BCUT2D eigenvalue weighted by Gasteiger charge is -2.17. The van der Waals surface area contributed by atoms with Gasteiger partial charge in [0.25, 0.3) is 0 Å². The first kappa shape index (κ1) is 19.7. The van der Waals surface area contributed by atoms with E-state index < -0.39 is 0 Å². The van der Waals surface area contributed by atoms with Crippen molar-refractivity contribution >= 4 is 41.7 Å².